The molecule has 2 amide bonds. The van der Waals surface area contributed by atoms with Crippen molar-refractivity contribution in [3.63, 3.8) is 0 Å². The summed E-state index contributed by atoms with van der Waals surface area (Å²) in [5, 5.41) is 29.6. The minimum Gasteiger partial charge on any atom is -0.503 e. The number of allylic oxidation sites excluding steroid dienone is 6. The topological polar surface area (TPSA) is 141 Å². The summed E-state index contributed by atoms with van der Waals surface area (Å²) in [5.74, 6) is -4.44. The van der Waals surface area contributed by atoms with Gasteiger partial charge >= 0.3 is 7.12 Å². The van der Waals surface area contributed by atoms with E-state index in [0.717, 1.165) is 10.5 Å². The van der Waals surface area contributed by atoms with E-state index in [1.165, 1.54) is 37.5 Å². The molecular formula is C30H25BClNO8. The first kappa shape index (κ1) is 27.2. The van der Waals surface area contributed by atoms with Gasteiger partial charge in [-0.15, -0.1) is 0 Å². The molecular weight excluding hydrogens is 549 g/mol. The fourth-order valence-electron chi connectivity index (χ4n) is 6.74. The van der Waals surface area contributed by atoms with Crippen LogP contribution < -0.4 is 15.1 Å². The molecule has 3 aliphatic carbocycles. The molecule has 4 atom stereocenters. The van der Waals surface area contributed by atoms with Gasteiger partial charge in [-0.1, -0.05) is 35.4 Å². The number of hydrogen-bond donors (Lipinski definition) is 3. The van der Waals surface area contributed by atoms with Crippen LogP contribution in [0, 0.1) is 17.8 Å². The molecule has 1 heterocycles. The van der Waals surface area contributed by atoms with Gasteiger partial charge in [-0.3, -0.25) is 24.1 Å². The minimum absolute atomic E-state index is 0.00371. The van der Waals surface area contributed by atoms with Crippen LogP contribution in [0.15, 0.2) is 70.8 Å². The lowest BCUT2D eigenvalue weighted by atomic mass is 9.59. The van der Waals surface area contributed by atoms with E-state index in [4.69, 9.17) is 16.3 Å². The van der Waals surface area contributed by atoms with Crippen LogP contribution in [0.1, 0.15) is 31.2 Å². The van der Waals surface area contributed by atoms with E-state index in [0.29, 0.717) is 22.3 Å². The molecule has 0 bridgehead atoms. The lowest BCUT2D eigenvalue weighted by Gasteiger charge is -2.42. The number of anilines is 1. The summed E-state index contributed by atoms with van der Waals surface area (Å²) in [6, 6.07) is 9.04. The molecule has 0 saturated carbocycles. The fourth-order valence-corrected chi connectivity index (χ4v) is 6.95. The average molecular weight is 574 g/mol. The molecule has 11 heteroatoms. The Hall–Kier alpha value is -3.99. The molecule has 1 fully saturated rings. The molecule has 4 aliphatic rings. The fraction of sp³-hybridized carbons (Fsp3) is 0.267. The molecule has 3 N–H and O–H groups in total. The number of aromatic hydroxyl groups is 1. The van der Waals surface area contributed by atoms with Crippen LogP contribution in [-0.4, -0.2) is 52.8 Å². The number of methoxy groups -OCH3 is 1. The van der Waals surface area contributed by atoms with Gasteiger partial charge in [0.2, 0.25) is 11.8 Å². The number of Topliss-reactive ketones (excluding diaryl/α,β-unsaturated/α-hetero) is 1. The summed E-state index contributed by atoms with van der Waals surface area (Å²) in [5.41, 5.74) is 2.50. The number of hydrogen-bond acceptors (Lipinski definition) is 8. The molecule has 0 spiro atoms. The standard InChI is InChI=1S/C30H25BClNO8/c1-13-8-22(34)20-12-19-17(24(26(20)27(13)35)14-9-21(32)28(36)23(10-14)41-2)6-7-18-25(19)30(38)33(29(18)37)16-5-3-4-15(11-16)31(39)40/h3-6,8-11,18-19,24-25,36,39-40H,7,12H2,1-2H3. The highest BCUT2D eigenvalue weighted by molar-refractivity contribution is 6.58. The number of halogens is 1. The Kier molecular flexibility index (Phi) is 6.52. The van der Waals surface area contributed by atoms with E-state index in [1.54, 1.807) is 19.1 Å². The van der Waals surface area contributed by atoms with Crippen LogP contribution in [0.5, 0.6) is 11.5 Å². The molecule has 4 unspecified atom stereocenters. The predicted octanol–water partition coefficient (Wildman–Crippen LogP) is 2.37. The number of ether oxygens (including phenoxy) is 1. The van der Waals surface area contributed by atoms with Crippen molar-refractivity contribution in [3.8, 4) is 11.5 Å². The zero-order valence-corrected chi connectivity index (χ0v) is 22.9. The highest BCUT2D eigenvalue weighted by atomic mass is 35.5. The van der Waals surface area contributed by atoms with Crippen molar-refractivity contribution in [2.24, 2.45) is 17.8 Å². The lowest BCUT2D eigenvalue weighted by molar-refractivity contribution is -0.123. The smallest absolute Gasteiger partial charge is 0.488 e. The van der Waals surface area contributed by atoms with Gasteiger partial charge < -0.3 is 19.9 Å². The maximum absolute atomic E-state index is 14.0. The summed E-state index contributed by atoms with van der Waals surface area (Å²) in [4.78, 5) is 55.5. The van der Waals surface area contributed by atoms with E-state index in [9.17, 15) is 34.3 Å². The zero-order chi connectivity index (χ0) is 29.3. The molecule has 0 aromatic heterocycles. The van der Waals surface area contributed by atoms with Gasteiger partial charge in [0.15, 0.2) is 23.1 Å². The summed E-state index contributed by atoms with van der Waals surface area (Å²) in [7, 11) is -0.401. The quantitative estimate of drug-likeness (QED) is 0.219. The van der Waals surface area contributed by atoms with Crippen LogP contribution in [-0.2, 0) is 19.2 Å². The maximum Gasteiger partial charge on any atom is 0.488 e. The minimum atomic E-state index is -1.77. The van der Waals surface area contributed by atoms with Gasteiger partial charge in [0, 0.05) is 22.6 Å². The monoisotopic (exact) mass is 573 g/mol. The molecule has 2 aromatic rings. The SMILES string of the molecule is COc1cc(C2C3=CCC4C(=O)N(c5cccc(B(O)O)c5)C(=O)C4C3CC3=C2C(=O)C(C)=CC3=O)cc(Cl)c1O. The van der Waals surface area contributed by atoms with Gasteiger partial charge in [-0.25, -0.2) is 0 Å². The van der Waals surface area contributed by atoms with Crippen LogP contribution in [0.4, 0.5) is 5.69 Å². The van der Waals surface area contributed by atoms with E-state index in [1.807, 2.05) is 6.08 Å². The number of rotatable bonds is 4. The van der Waals surface area contributed by atoms with Crippen molar-refractivity contribution in [1.82, 2.24) is 0 Å². The Bertz CT molecular complexity index is 1660. The average Bonchev–Trinajstić information content (AvgIpc) is 3.21. The lowest BCUT2D eigenvalue weighted by Crippen LogP contribution is -2.40. The van der Waals surface area contributed by atoms with Gasteiger partial charge in [-0.2, -0.15) is 0 Å². The zero-order valence-electron chi connectivity index (χ0n) is 22.1. The van der Waals surface area contributed by atoms with Crippen LogP contribution >= 0.6 is 11.6 Å². The van der Waals surface area contributed by atoms with Gasteiger partial charge in [0.25, 0.3) is 0 Å². The van der Waals surface area contributed by atoms with Gasteiger partial charge in [-0.05, 0) is 67.1 Å². The van der Waals surface area contributed by atoms with Crippen molar-refractivity contribution in [1.29, 1.82) is 0 Å². The Balaban J connectivity index is 1.49. The molecule has 2 aromatic carbocycles. The summed E-state index contributed by atoms with van der Waals surface area (Å²) < 4.78 is 5.31. The Labute approximate surface area is 240 Å². The van der Waals surface area contributed by atoms with Crippen molar-refractivity contribution < 1.29 is 39.1 Å². The summed E-state index contributed by atoms with van der Waals surface area (Å²) >= 11 is 6.34. The van der Waals surface area contributed by atoms with Crippen molar-refractivity contribution >= 4 is 53.3 Å². The van der Waals surface area contributed by atoms with Crippen LogP contribution in [0.2, 0.25) is 5.02 Å². The van der Waals surface area contributed by atoms with Gasteiger partial charge in [0.1, 0.15) is 0 Å². The Morgan fingerprint density at radius 3 is 2.51 bits per heavy atom. The number of carbonyl (C=O) groups is 4. The number of benzene rings is 2. The summed E-state index contributed by atoms with van der Waals surface area (Å²) in [6.07, 6.45) is 3.52. The second-order valence-corrected chi connectivity index (χ2v) is 11.2. The first-order valence-electron chi connectivity index (χ1n) is 13.1. The molecule has 208 valence electrons. The van der Waals surface area contributed by atoms with E-state index < -0.39 is 42.6 Å². The third-order valence-electron chi connectivity index (χ3n) is 8.60. The Morgan fingerprint density at radius 1 is 1.05 bits per heavy atom. The predicted molar refractivity (Wildman–Crippen MR) is 150 cm³/mol. The first-order chi connectivity index (χ1) is 19.5. The largest absolute Gasteiger partial charge is 0.503 e. The third-order valence-corrected chi connectivity index (χ3v) is 8.88. The molecule has 9 nitrogen and oxygen atoms in total. The normalized spacial score (nSPS) is 25.4. The second kappa shape index (κ2) is 9.83. The van der Waals surface area contributed by atoms with E-state index in [2.05, 4.69) is 0 Å². The van der Waals surface area contributed by atoms with Crippen molar-refractivity contribution in [3.05, 3.63) is 81.4 Å². The number of fused-ring (bicyclic) bond motifs is 3. The van der Waals surface area contributed by atoms with E-state index in [-0.39, 0.29) is 52.1 Å². The Morgan fingerprint density at radius 2 is 1.80 bits per heavy atom. The number of imide groups is 1. The molecule has 0 radical (unpaired) electrons. The molecule has 1 saturated heterocycles. The van der Waals surface area contributed by atoms with Crippen molar-refractivity contribution in [2.45, 2.75) is 25.7 Å². The summed E-state index contributed by atoms with van der Waals surface area (Å²) in [6.45, 7) is 1.58. The van der Waals surface area contributed by atoms with Crippen molar-refractivity contribution in [2.75, 3.05) is 12.0 Å². The van der Waals surface area contributed by atoms with E-state index >= 15 is 0 Å². The molecule has 6 rings (SSSR count). The number of phenols is 1. The second-order valence-electron chi connectivity index (χ2n) is 10.8. The number of ketones is 2. The number of phenolic OH excluding ortho intramolecular Hbond substituents is 1. The molecule has 41 heavy (non-hydrogen) atoms. The number of carbonyl (C=O) groups excluding carboxylic acids is 4. The van der Waals surface area contributed by atoms with Gasteiger partial charge in [0.05, 0.1) is 29.7 Å². The number of nitrogens with zero attached hydrogens (tertiary/aromatic N) is 1. The first-order valence-corrected chi connectivity index (χ1v) is 13.5. The third kappa shape index (κ3) is 4.08. The molecule has 1 aliphatic heterocycles. The highest BCUT2D eigenvalue weighted by Crippen LogP contribution is 2.56. The highest BCUT2D eigenvalue weighted by Gasteiger charge is 2.56. The maximum atomic E-state index is 14.0. The van der Waals surface area contributed by atoms with Crippen LogP contribution in [0.25, 0.3) is 0 Å². The van der Waals surface area contributed by atoms with Crippen LogP contribution in [0.3, 0.4) is 0 Å². The number of amides is 2.